The third-order valence-corrected chi connectivity index (χ3v) is 4.78. The summed E-state index contributed by atoms with van der Waals surface area (Å²) in [5.41, 5.74) is 0. The lowest BCUT2D eigenvalue weighted by Gasteiger charge is -2.12. The third-order valence-electron chi connectivity index (χ3n) is 3.83. The molecule has 1 aliphatic carbocycles. The van der Waals surface area contributed by atoms with Crippen molar-refractivity contribution < 1.29 is 9.90 Å². The molecule has 0 saturated heterocycles. The first kappa shape index (κ1) is 15.4. The number of carbonyl (C=O) groups is 1. The van der Waals surface area contributed by atoms with Crippen molar-refractivity contribution in [2.24, 2.45) is 5.92 Å². The summed E-state index contributed by atoms with van der Waals surface area (Å²) in [6.07, 6.45) is 8.49. The van der Waals surface area contributed by atoms with Gasteiger partial charge in [-0.2, -0.15) is 0 Å². The number of carboxylic acids is 1. The van der Waals surface area contributed by atoms with Crippen LogP contribution in [0.2, 0.25) is 0 Å². The van der Waals surface area contributed by atoms with E-state index in [1.165, 1.54) is 37.4 Å². The Bertz CT molecular complexity index is 442. The summed E-state index contributed by atoms with van der Waals surface area (Å²) >= 11 is 1.27. The minimum absolute atomic E-state index is 0.0493. The van der Waals surface area contributed by atoms with Gasteiger partial charge in [-0.3, -0.25) is 4.79 Å². The van der Waals surface area contributed by atoms with Gasteiger partial charge < -0.3 is 9.67 Å². The topological polar surface area (TPSA) is 68.0 Å². The van der Waals surface area contributed by atoms with Gasteiger partial charge >= 0.3 is 5.97 Å². The number of aliphatic carboxylic acids is 1. The first-order valence-corrected chi connectivity index (χ1v) is 8.46. The van der Waals surface area contributed by atoms with Crippen molar-refractivity contribution in [3.05, 3.63) is 5.82 Å². The Kier molecular flexibility index (Phi) is 5.88. The van der Waals surface area contributed by atoms with Gasteiger partial charge in [-0.05, 0) is 18.8 Å². The van der Waals surface area contributed by atoms with Gasteiger partial charge in [-0.1, -0.05) is 44.4 Å². The number of hydrogen-bond acceptors (Lipinski definition) is 4. The zero-order valence-electron chi connectivity index (χ0n) is 12.0. The van der Waals surface area contributed by atoms with E-state index in [1.54, 1.807) is 0 Å². The van der Waals surface area contributed by atoms with Crippen LogP contribution in [0.5, 0.6) is 0 Å². The summed E-state index contributed by atoms with van der Waals surface area (Å²) in [6, 6.07) is 0. The second kappa shape index (κ2) is 7.67. The van der Waals surface area contributed by atoms with Crippen LogP contribution in [0.3, 0.4) is 0 Å². The summed E-state index contributed by atoms with van der Waals surface area (Å²) in [7, 11) is 0. The van der Waals surface area contributed by atoms with E-state index in [0.29, 0.717) is 0 Å². The van der Waals surface area contributed by atoms with E-state index in [4.69, 9.17) is 5.11 Å². The lowest BCUT2D eigenvalue weighted by atomic mass is 10.0. The fraction of sp³-hybridized carbons (Fsp3) is 0.786. The van der Waals surface area contributed by atoms with Crippen LogP contribution in [0.15, 0.2) is 5.16 Å². The van der Waals surface area contributed by atoms with Crippen LogP contribution in [0.4, 0.5) is 0 Å². The van der Waals surface area contributed by atoms with Crippen molar-refractivity contribution in [3.63, 3.8) is 0 Å². The number of thioether (sulfide) groups is 1. The second-order valence-electron chi connectivity index (χ2n) is 5.42. The monoisotopic (exact) mass is 297 g/mol. The molecular formula is C14H23N3O2S. The van der Waals surface area contributed by atoms with Crippen molar-refractivity contribution in [2.45, 2.75) is 63.6 Å². The lowest BCUT2D eigenvalue weighted by molar-refractivity contribution is -0.133. The number of nitrogens with zero attached hydrogens (tertiary/aromatic N) is 3. The Morgan fingerprint density at radius 2 is 2.15 bits per heavy atom. The SMILES string of the molecule is CCCc1nnc(SCC(=O)O)n1CCC1CCCC1. The number of carboxylic acid groups (broad SMARTS) is 1. The fourth-order valence-corrected chi connectivity index (χ4v) is 3.50. The fourth-order valence-electron chi connectivity index (χ4n) is 2.80. The molecule has 1 N–H and O–H groups in total. The van der Waals surface area contributed by atoms with Crippen molar-refractivity contribution in [1.82, 2.24) is 14.8 Å². The largest absolute Gasteiger partial charge is 0.481 e. The Labute approximate surface area is 124 Å². The van der Waals surface area contributed by atoms with Gasteiger partial charge in [0.15, 0.2) is 5.16 Å². The van der Waals surface area contributed by atoms with Crippen molar-refractivity contribution in [3.8, 4) is 0 Å². The van der Waals surface area contributed by atoms with Crippen molar-refractivity contribution >= 4 is 17.7 Å². The molecule has 0 unspecified atom stereocenters. The summed E-state index contributed by atoms with van der Waals surface area (Å²) in [4.78, 5) is 10.7. The van der Waals surface area contributed by atoms with Gasteiger partial charge in [-0.15, -0.1) is 10.2 Å². The number of hydrogen-bond donors (Lipinski definition) is 1. The highest BCUT2D eigenvalue weighted by atomic mass is 32.2. The summed E-state index contributed by atoms with van der Waals surface area (Å²) in [6.45, 7) is 3.05. The van der Waals surface area contributed by atoms with Gasteiger partial charge in [0.25, 0.3) is 0 Å². The molecule has 112 valence electrons. The molecule has 1 aromatic rings. The Hall–Kier alpha value is -1.04. The molecule has 20 heavy (non-hydrogen) atoms. The molecule has 1 fully saturated rings. The maximum atomic E-state index is 10.7. The maximum absolute atomic E-state index is 10.7. The van der Waals surface area contributed by atoms with Crippen LogP contribution < -0.4 is 0 Å². The summed E-state index contributed by atoms with van der Waals surface area (Å²) in [5, 5.41) is 18.0. The first-order valence-electron chi connectivity index (χ1n) is 7.47. The third kappa shape index (κ3) is 4.23. The zero-order valence-corrected chi connectivity index (χ0v) is 12.9. The van der Waals surface area contributed by atoms with Gasteiger partial charge in [-0.25, -0.2) is 0 Å². The normalized spacial score (nSPS) is 15.8. The van der Waals surface area contributed by atoms with Gasteiger partial charge in [0.1, 0.15) is 5.82 Å². The van der Waals surface area contributed by atoms with E-state index in [9.17, 15) is 4.79 Å². The number of aromatic nitrogens is 3. The average molecular weight is 297 g/mol. The van der Waals surface area contributed by atoms with E-state index < -0.39 is 5.97 Å². The predicted octanol–water partition coefficient (Wildman–Crippen LogP) is 2.99. The molecule has 5 nitrogen and oxygen atoms in total. The lowest BCUT2D eigenvalue weighted by Crippen LogP contribution is -2.09. The van der Waals surface area contributed by atoms with E-state index >= 15 is 0 Å². The van der Waals surface area contributed by atoms with E-state index in [2.05, 4.69) is 21.7 Å². The first-order chi connectivity index (χ1) is 9.70. The smallest absolute Gasteiger partial charge is 0.313 e. The van der Waals surface area contributed by atoms with Crippen LogP contribution in [0, 0.1) is 5.92 Å². The van der Waals surface area contributed by atoms with E-state index in [-0.39, 0.29) is 5.75 Å². The molecule has 1 heterocycles. The second-order valence-corrected chi connectivity index (χ2v) is 6.36. The van der Waals surface area contributed by atoms with Crippen molar-refractivity contribution in [2.75, 3.05) is 5.75 Å². The molecular weight excluding hydrogens is 274 g/mol. The number of rotatable bonds is 8. The summed E-state index contributed by atoms with van der Waals surface area (Å²) in [5.74, 6) is 1.06. The molecule has 0 amide bonds. The molecule has 0 aromatic carbocycles. The molecule has 1 aliphatic rings. The molecule has 0 spiro atoms. The Morgan fingerprint density at radius 3 is 2.80 bits per heavy atom. The minimum atomic E-state index is -0.808. The minimum Gasteiger partial charge on any atom is -0.481 e. The molecule has 2 rings (SSSR count). The average Bonchev–Trinajstić information content (AvgIpc) is 3.04. The van der Waals surface area contributed by atoms with Crippen LogP contribution in [0.1, 0.15) is 51.3 Å². The van der Waals surface area contributed by atoms with Crippen LogP contribution in [-0.2, 0) is 17.8 Å². The predicted molar refractivity (Wildman–Crippen MR) is 79.0 cm³/mol. The quantitative estimate of drug-likeness (QED) is 0.747. The zero-order chi connectivity index (χ0) is 14.4. The van der Waals surface area contributed by atoms with Gasteiger partial charge in [0, 0.05) is 13.0 Å². The highest BCUT2D eigenvalue weighted by Gasteiger charge is 2.18. The Balaban J connectivity index is 2.00. The molecule has 1 aromatic heterocycles. The molecule has 0 radical (unpaired) electrons. The molecule has 0 aliphatic heterocycles. The van der Waals surface area contributed by atoms with Gasteiger partial charge in [0.2, 0.25) is 0 Å². The summed E-state index contributed by atoms with van der Waals surface area (Å²) < 4.78 is 2.13. The molecule has 1 saturated carbocycles. The van der Waals surface area contributed by atoms with E-state index in [1.807, 2.05) is 0 Å². The van der Waals surface area contributed by atoms with Crippen LogP contribution in [0.25, 0.3) is 0 Å². The van der Waals surface area contributed by atoms with Crippen LogP contribution >= 0.6 is 11.8 Å². The van der Waals surface area contributed by atoms with E-state index in [0.717, 1.165) is 42.7 Å². The highest BCUT2D eigenvalue weighted by molar-refractivity contribution is 7.99. The van der Waals surface area contributed by atoms with Crippen molar-refractivity contribution in [1.29, 1.82) is 0 Å². The van der Waals surface area contributed by atoms with Gasteiger partial charge in [0.05, 0.1) is 5.75 Å². The highest BCUT2D eigenvalue weighted by Crippen LogP contribution is 2.29. The standard InChI is InChI=1S/C14H23N3O2S/c1-2-5-12-15-16-14(20-10-13(18)19)17(12)9-8-11-6-3-4-7-11/h11H,2-10H2,1H3,(H,18,19). The molecule has 6 heteroatoms. The molecule has 0 bridgehead atoms. The number of aryl methyl sites for hydroxylation is 1. The maximum Gasteiger partial charge on any atom is 0.313 e. The Morgan fingerprint density at radius 1 is 1.40 bits per heavy atom. The van der Waals surface area contributed by atoms with Crippen LogP contribution in [-0.4, -0.2) is 31.6 Å². The molecule has 0 atom stereocenters.